The van der Waals surface area contributed by atoms with E-state index in [4.69, 9.17) is 10.5 Å². The molecule has 3 N–H and O–H groups in total. The average molecular weight is 234 g/mol. The summed E-state index contributed by atoms with van der Waals surface area (Å²) in [4.78, 5) is 11.8. The number of carbonyl (C=O) groups is 1. The third-order valence-electron chi connectivity index (χ3n) is 3.05. The molecule has 0 fully saturated rings. The first kappa shape index (κ1) is 11.9. The number of fused-ring (bicyclic) bond motifs is 1. The Labute approximate surface area is 101 Å². The van der Waals surface area contributed by atoms with Crippen molar-refractivity contribution in [3.05, 3.63) is 29.3 Å². The van der Waals surface area contributed by atoms with Crippen LogP contribution >= 0.6 is 0 Å². The SMILES string of the molecule is CC(C(=O)NCCN)c1ccc2c(c1)CCO2. The van der Waals surface area contributed by atoms with E-state index < -0.39 is 0 Å². The van der Waals surface area contributed by atoms with Crippen molar-refractivity contribution in [1.29, 1.82) is 0 Å². The zero-order valence-corrected chi connectivity index (χ0v) is 10.0. The Kier molecular flexibility index (Phi) is 3.64. The Morgan fingerprint density at radius 1 is 1.59 bits per heavy atom. The zero-order chi connectivity index (χ0) is 12.3. The number of amides is 1. The van der Waals surface area contributed by atoms with Gasteiger partial charge in [-0.1, -0.05) is 12.1 Å². The number of nitrogens with two attached hydrogens (primary N) is 1. The zero-order valence-electron chi connectivity index (χ0n) is 10.0. The Bertz CT molecular complexity index is 418. The highest BCUT2D eigenvalue weighted by molar-refractivity contribution is 5.83. The lowest BCUT2D eigenvalue weighted by Gasteiger charge is -2.13. The third kappa shape index (κ3) is 2.58. The van der Waals surface area contributed by atoms with E-state index in [1.54, 1.807) is 0 Å². The summed E-state index contributed by atoms with van der Waals surface area (Å²) >= 11 is 0. The van der Waals surface area contributed by atoms with Crippen LogP contribution in [0.25, 0.3) is 0 Å². The fourth-order valence-corrected chi connectivity index (χ4v) is 1.98. The van der Waals surface area contributed by atoms with Crippen molar-refractivity contribution in [2.24, 2.45) is 5.73 Å². The highest BCUT2D eigenvalue weighted by Gasteiger charge is 2.18. The maximum Gasteiger partial charge on any atom is 0.227 e. The molecule has 0 aromatic heterocycles. The molecular formula is C13H18N2O2. The van der Waals surface area contributed by atoms with Crippen molar-refractivity contribution in [2.45, 2.75) is 19.3 Å². The van der Waals surface area contributed by atoms with Crippen molar-refractivity contribution in [2.75, 3.05) is 19.7 Å². The molecule has 0 spiro atoms. The molecule has 1 atom stereocenters. The second-order valence-corrected chi connectivity index (χ2v) is 4.27. The van der Waals surface area contributed by atoms with Gasteiger partial charge in [0.15, 0.2) is 0 Å². The van der Waals surface area contributed by atoms with Crippen molar-refractivity contribution in [3.63, 3.8) is 0 Å². The Balaban J connectivity index is 2.09. The summed E-state index contributed by atoms with van der Waals surface area (Å²) in [5.41, 5.74) is 7.58. The quantitative estimate of drug-likeness (QED) is 0.810. The normalized spacial score (nSPS) is 14.9. The molecular weight excluding hydrogens is 216 g/mol. The van der Waals surface area contributed by atoms with Crippen LogP contribution in [0.5, 0.6) is 5.75 Å². The van der Waals surface area contributed by atoms with Gasteiger partial charge in [0.05, 0.1) is 12.5 Å². The van der Waals surface area contributed by atoms with Gasteiger partial charge in [-0.05, 0) is 24.1 Å². The van der Waals surface area contributed by atoms with E-state index in [9.17, 15) is 4.79 Å². The maximum atomic E-state index is 11.8. The molecule has 92 valence electrons. The molecule has 1 heterocycles. The molecule has 1 unspecified atom stereocenters. The summed E-state index contributed by atoms with van der Waals surface area (Å²) in [5.74, 6) is 0.824. The van der Waals surface area contributed by atoms with Gasteiger partial charge in [-0.2, -0.15) is 0 Å². The summed E-state index contributed by atoms with van der Waals surface area (Å²) in [6, 6.07) is 5.97. The number of hydrogen-bond donors (Lipinski definition) is 2. The minimum atomic E-state index is -0.146. The lowest BCUT2D eigenvalue weighted by atomic mass is 9.97. The maximum absolute atomic E-state index is 11.8. The minimum Gasteiger partial charge on any atom is -0.493 e. The molecule has 4 heteroatoms. The lowest BCUT2D eigenvalue weighted by Crippen LogP contribution is -2.32. The monoisotopic (exact) mass is 234 g/mol. The van der Waals surface area contributed by atoms with Crippen LogP contribution in [0.15, 0.2) is 18.2 Å². The summed E-state index contributed by atoms with van der Waals surface area (Å²) in [7, 11) is 0. The molecule has 1 amide bonds. The summed E-state index contributed by atoms with van der Waals surface area (Å²) < 4.78 is 5.44. The van der Waals surface area contributed by atoms with Crippen LogP contribution in [-0.4, -0.2) is 25.6 Å². The summed E-state index contributed by atoms with van der Waals surface area (Å²) in [6.45, 7) is 3.64. The number of nitrogens with one attached hydrogen (secondary N) is 1. The van der Waals surface area contributed by atoms with Crippen LogP contribution in [0.4, 0.5) is 0 Å². The van der Waals surface area contributed by atoms with Gasteiger partial charge in [-0.3, -0.25) is 4.79 Å². The van der Waals surface area contributed by atoms with Crippen LogP contribution < -0.4 is 15.8 Å². The third-order valence-corrected chi connectivity index (χ3v) is 3.05. The largest absolute Gasteiger partial charge is 0.493 e. The van der Waals surface area contributed by atoms with E-state index in [0.717, 1.165) is 24.3 Å². The highest BCUT2D eigenvalue weighted by atomic mass is 16.5. The van der Waals surface area contributed by atoms with Crippen LogP contribution in [0.1, 0.15) is 24.0 Å². The van der Waals surface area contributed by atoms with Gasteiger partial charge in [0.25, 0.3) is 0 Å². The Hall–Kier alpha value is -1.55. The average Bonchev–Trinajstić information content (AvgIpc) is 2.81. The van der Waals surface area contributed by atoms with Gasteiger partial charge in [-0.15, -0.1) is 0 Å². The van der Waals surface area contributed by atoms with E-state index in [1.807, 2.05) is 19.1 Å². The van der Waals surface area contributed by atoms with Gasteiger partial charge in [-0.25, -0.2) is 0 Å². The lowest BCUT2D eigenvalue weighted by molar-refractivity contribution is -0.122. The molecule has 0 bridgehead atoms. The van der Waals surface area contributed by atoms with E-state index in [2.05, 4.69) is 11.4 Å². The standard InChI is InChI=1S/C13H18N2O2/c1-9(13(16)15-6-5-14)10-2-3-12-11(8-10)4-7-17-12/h2-3,8-9H,4-7,14H2,1H3,(H,15,16). The van der Waals surface area contributed by atoms with Gasteiger partial charge < -0.3 is 15.8 Å². The van der Waals surface area contributed by atoms with Gasteiger partial charge >= 0.3 is 0 Å². The Morgan fingerprint density at radius 2 is 2.41 bits per heavy atom. The molecule has 0 saturated carbocycles. The van der Waals surface area contributed by atoms with Gasteiger partial charge in [0, 0.05) is 19.5 Å². The number of carbonyl (C=O) groups excluding carboxylic acids is 1. The predicted molar refractivity (Wildman–Crippen MR) is 66.1 cm³/mol. The highest BCUT2D eigenvalue weighted by Crippen LogP contribution is 2.28. The Morgan fingerprint density at radius 3 is 3.18 bits per heavy atom. The van der Waals surface area contributed by atoms with Crippen LogP contribution in [0, 0.1) is 0 Å². The smallest absolute Gasteiger partial charge is 0.227 e. The topological polar surface area (TPSA) is 64.4 Å². The fraction of sp³-hybridized carbons (Fsp3) is 0.462. The van der Waals surface area contributed by atoms with Gasteiger partial charge in [0.2, 0.25) is 5.91 Å². The van der Waals surface area contributed by atoms with Crippen molar-refractivity contribution in [3.8, 4) is 5.75 Å². The van der Waals surface area contributed by atoms with Crippen molar-refractivity contribution in [1.82, 2.24) is 5.32 Å². The fourth-order valence-electron chi connectivity index (χ4n) is 1.98. The second-order valence-electron chi connectivity index (χ2n) is 4.27. The molecule has 1 aliphatic rings. The minimum absolute atomic E-state index is 0.0225. The molecule has 1 aromatic rings. The molecule has 0 aliphatic carbocycles. The molecule has 0 radical (unpaired) electrons. The first-order valence-corrected chi connectivity index (χ1v) is 5.96. The molecule has 17 heavy (non-hydrogen) atoms. The van der Waals surface area contributed by atoms with Crippen LogP contribution in [-0.2, 0) is 11.2 Å². The van der Waals surface area contributed by atoms with E-state index in [1.165, 1.54) is 5.56 Å². The number of benzene rings is 1. The van der Waals surface area contributed by atoms with E-state index in [0.29, 0.717) is 13.1 Å². The second kappa shape index (κ2) is 5.19. The first-order chi connectivity index (χ1) is 8.22. The van der Waals surface area contributed by atoms with E-state index in [-0.39, 0.29) is 11.8 Å². The van der Waals surface area contributed by atoms with Gasteiger partial charge in [0.1, 0.15) is 5.75 Å². The van der Waals surface area contributed by atoms with E-state index >= 15 is 0 Å². The number of hydrogen-bond acceptors (Lipinski definition) is 3. The molecule has 1 aromatic carbocycles. The summed E-state index contributed by atoms with van der Waals surface area (Å²) in [6.07, 6.45) is 0.931. The van der Waals surface area contributed by atoms with Crippen LogP contribution in [0.3, 0.4) is 0 Å². The number of ether oxygens (including phenoxy) is 1. The van der Waals surface area contributed by atoms with Crippen molar-refractivity contribution < 1.29 is 9.53 Å². The first-order valence-electron chi connectivity index (χ1n) is 5.96. The summed E-state index contributed by atoms with van der Waals surface area (Å²) in [5, 5.41) is 2.80. The molecule has 2 rings (SSSR count). The molecule has 0 saturated heterocycles. The number of rotatable bonds is 4. The van der Waals surface area contributed by atoms with Crippen LogP contribution in [0.2, 0.25) is 0 Å². The predicted octanol–water partition coefficient (Wildman–Crippen LogP) is 0.800. The molecule has 1 aliphatic heterocycles. The van der Waals surface area contributed by atoms with Crippen molar-refractivity contribution >= 4 is 5.91 Å². The molecule has 4 nitrogen and oxygen atoms in total.